The third-order valence-corrected chi connectivity index (χ3v) is 7.88. The number of esters is 2. The molecule has 7 rings (SSSR count). The van der Waals surface area contributed by atoms with Crippen molar-refractivity contribution in [3.8, 4) is 17.2 Å². The molecule has 0 radical (unpaired) electrons. The van der Waals surface area contributed by atoms with Crippen molar-refractivity contribution in [1.29, 1.82) is 0 Å². The Balaban J connectivity index is 1.44. The van der Waals surface area contributed by atoms with Crippen LogP contribution in [0.1, 0.15) is 27.4 Å². The predicted octanol–water partition coefficient (Wildman–Crippen LogP) is 4.07. The van der Waals surface area contributed by atoms with E-state index in [9.17, 15) is 19.2 Å². The average molecular weight is 683 g/mol. The summed E-state index contributed by atoms with van der Waals surface area (Å²) < 4.78 is 42.2. The number of thiazole rings is 1. The maximum Gasteiger partial charge on any atom is 0.336 e. The van der Waals surface area contributed by atoms with Gasteiger partial charge < -0.3 is 19.8 Å². The third kappa shape index (κ3) is 6.24. The van der Waals surface area contributed by atoms with Crippen LogP contribution in [0.4, 0.5) is 19.9 Å². The molecule has 0 atom stereocenters. The van der Waals surface area contributed by atoms with E-state index in [4.69, 9.17) is 9.47 Å². The molecule has 0 fully saturated rings. The van der Waals surface area contributed by atoms with Gasteiger partial charge in [-0.15, -0.1) is 11.3 Å². The van der Waals surface area contributed by atoms with Crippen LogP contribution in [-0.4, -0.2) is 47.3 Å². The number of nitrogens with one attached hydrogen (secondary N) is 3. The van der Waals surface area contributed by atoms with E-state index >= 15 is 8.78 Å². The quantitative estimate of drug-likeness (QED) is 0.155. The van der Waals surface area contributed by atoms with Crippen molar-refractivity contribution >= 4 is 51.3 Å². The van der Waals surface area contributed by atoms with E-state index in [1.54, 1.807) is 11.6 Å². The highest BCUT2D eigenvalue weighted by molar-refractivity contribution is 7.13. The monoisotopic (exact) mass is 682 g/mol. The van der Waals surface area contributed by atoms with Gasteiger partial charge in [0.25, 0.3) is 11.5 Å². The summed E-state index contributed by atoms with van der Waals surface area (Å²) in [5, 5.41) is 7.70. The molecule has 49 heavy (non-hydrogen) atoms. The van der Waals surface area contributed by atoms with Crippen molar-refractivity contribution in [3.05, 3.63) is 123 Å². The number of carbonyl (C=O) groups is 3. The second kappa shape index (κ2) is 12.9. The van der Waals surface area contributed by atoms with Gasteiger partial charge in [-0.3, -0.25) is 19.5 Å². The van der Waals surface area contributed by atoms with Crippen LogP contribution in [0.25, 0.3) is 16.7 Å². The summed E-state index contributed by atoms with van der Waals surface area (Å²) in [4.78, 5) is 72.2. The van der Waals surface area contributed by atoms with Crippen molar-refractivity contribution in [1.82, 2.24) is 29.5 Å². The molecule has 0 spiro atoms. The van der Waals surface area contributed by atoms with Crippen molar-refractivity contribution < 1.29 is 32.6 Å². The molecule has 1 aliphatic rings. The SMILES string of the molecule is O=C1/C=C/C(=O)Oc2c(C(=O)Nc3nccs3)ccc(c2Cc2nc(NCc3ncc[nH]3)nc3c2ccc(=O)n3-c2c(F)cccc2F)O1. The molecule has 0 aliphatic carbocycles. The molecular weight excluding hydrogens is 662 g/mol. The standard InChI is InChI=1S/C32H20F2N8O6S/c33-19-2-1-3-20(34)27(19)42-24(43)7-5-16-21(39-31(40-29(16)42)38-15-23-35-10-11-36-23)14-18-22-6-4-17(30(46)41-32-37-12-13-49-32)28(18)48-26(45)9-8-25(44)47-22/h1-13H,14-15H2,(H,35,36)(H,37,41,46)(H,38,39,40)/b9-8+. The predicted molar refractivity (Wildman–Crippen MR) is 171 cm³/mol. The van der Waals surface area contributed by atoms with Crippen LogP contribution >= 0.6 is 11.3 Å². The lowest BCUT2D eigenvalue weighted by Gasteiger charge is -2.18. The highest BCUT2D eigenvalue weighted by Gasteiger charge is 2.27. The van der Waals surface area contributed by atoms with Crippen molar-refractivity contribution in [2.24, 2.45) is 0 Å². The number of hydrogen-bond acceptors (Lipinski definition) is 12. The Kier molecular flexibility index (Phi) is 8.15. The first-order valence-electron chi connectivity index (χ1n) is 14.3. The molecule has 0 saturated heterocycles. The molecule has 244 valence electrons. The minimum Gasteiger partial charge on any atom is -0.423 e. The average Bonchev–Trinajstić information content (AvgIpc) is 3.80. The van der Waals surface area contributed by atoms with E-state index in [0.29, 0.717) is 5.82 Å². The Morgan fingerprint density at radius 1 is 0.939 bits per heavy atom. The highest BCUT2D eigenvalue weighted by atomic mass is 32.1. The molecule has 3 N–H and O–H groups in total. The Labute approximate surface area is 277 Å². The van der Waals surface area contributed by atoms with Crippen LogP contribution in [0.5, 0.6) is 11.5 Å². The molecule has 0 saturated carbocycles. The van der Waals surface area contributed by atoms with Crippen LogP contribution in [0, 0.1) is 11.6 Å². The Morgan fingerprint density at radius 2 is 1.73 bits per heavy atom. The fourth-order valence-electron chi connectivity index (χ4n) is 5.07. The molecule has 0 unspecified atom stereocenters. The number of pyridine rings is 1. The van der Waals surface area contributed by atoms with Gasteiger partial charge in [-0.1, -0.05) is 6.07 Å². The summed E-state index contributed by atoms with van der Waals surface area (Å²) in [6.45, 7) is 0.0902. The zero-order chi connectivity index (χ0) is 34.1. The van der Waals surface area contributed by atoms with E-state index in [-0.39, 0.29) is 63.4 Å². The second-order valence-electron chi connectivity index (χ2n) is 10.3. The first kappa shape index (κ1) is 31.0. The van der Waals surface area contributed by atoms with E-state index in [1.165, 1.54) is 30.6 Å². The van der Waals surface area contributed by atoms with Crippen molar-refractivity contribution in [3.63, 3.8) is 0 Å². The Morgan fingerprint density at radius 3 is 2.47 bits per heavy atom. The van der Waals surface area contributed by atoms with E-state index in [0.717, 1.165) is 52.3 Å². The maximum atomic E-state index is 15.1. The second-order valence-corrected chi connectivity index (χ2v) is 11.2. The lowest BCUT2D eigenvalue weighted by Crippen LogP contribution is -2.22. The number of aromatic nitrogens is 6. The van der Waals surface area contributed by atoms with Gasteiger partial charge in [0.15, 0.2) is 16.5 Å². The van der Waals surface area contributed by atoms with E-state index in [1.807, 2.05) is 0 Å². The number of ether oxygens (including phenoxy) is 2. The topological polar surface area (TPSA) is 183 Å². The Hall–Kier alpha value is -6.62. The minimum atomic E-state index is -1.02. The number of imidazole rings is 1. The van der Waals surface area contributed by atoms with Gasteiger partial charge in [0.2, 0.25) is 5.95 Å². The number of benzene rings is 2. The van der Waals surface area contributed by atoms with Crippen LogP contribution in [0.3, 0.4) is 0 Å². The van der Waals surface area contributed by atoms with Crippen LogP contribution in [0.15, 0.2) is 83.4 Å². The molecule has 6 aromatic rings. The van der Waals surface area contributed by atoms with Gasteiger partial charge in [-0.05, 0) is 30.3 Å². The van der Waals surface area contributed by atoms with Gasteiger partial charge in [0.1, 0.15) is 28.9 Å². The number of anilines is 2. The molecule has 1 aliphatic heterocycles. The van der Waals surface area contributed by atoms with Crippen LogP contribution in [-0.2, 0) is 22.6 Å². The zero-order valence-corrected chi connectivity index (χ0v) is 25.6. The van der Waals surface area contributed by atoms with Crippen LogP contribution < -0.4 is 25.7 Å². The largest absolute Gasteiger partial charge is 0.423 e. The summed E-state index contributed by atoms with van der Waals surface area (Å²) in [6, 6.07) is 8.29. The van der Waals surface area contributed by atoms with Gasteiger partial charge in [-0.25, -0.2) is 33.3 Å². The smallest absolute Gasteiger partial charge is 0.336 e. The number of hydrogen-bond donors (Lipinski definition) is 3. The number of aromatic amines is 1. The molecule has 5 heterocycles. The fraction of sp³-hybridized carbons (Fsp3) is 0.0625. The van der Waals surface area contributed by atoms with Crippen molar-refractivity contribution in [2.75, 3.05) is 10.6 Å². The van der Waals surface area contributed by atoms with E-state index in [2.05, 4.69) is 35.6 Å². The minimum absolute atomic E-state index is 0.0454. The number of carbonyl (C=O) groups excluding carboxylic acids is 3. The lowest BCUT2D eigenvalue weighted by atomic mass is 10.0. The molecule has 4 aromatic heterocycles. The van der Waals surface area contributed by atoms with Crippen LogP contribution in [0.2, 0.25) is 0 Å². The molecular formula is C32H20F2N8O6S. The lowest BCUT2D eigenvalue weighted by molar-refractivity contribution is -0.131. The number of para-hydroxylation sites is 1. The van der Waals surface area contributed by atoms with Gasteiger partial charge in [0.05, 0.1) is 17.8 Å². The summed E-state index contributed by atoms with van der Waals surface area (Å²) >= 11 is 1.16. The number of halogens is 2. The summed E-state index contributed by atoms with van der Waals surface area (Å²) in [6.07, 6.45) is 6.06. The van der Waals surface area contributed by atoms with Gasteiger partial charge in [-0.2, -0.15) is 4.98 Å². The van der Waals surface area contributed by atoms with Crippen molar-refractivity contribution in [2.45, 2.75) is 13.0 Å². The molecule has 1 amide bonds. The first-order chi connectivity index (χ1) is 23.7. The first-order valence-corrected chi connectivity index (χ1v) is 15.2. The zero-order valence-electron chi connectivity index (χ0n) is 24.8. The molecule has 14 nitrogen and oxygen atoms in total. The maximum absolute atomic E-state index is 15.1. The summed E-state index contributed by atoms with van der Waals surface area (Å²) in [5.41, 5.74) is -1.56. The third-order valence-electron chi connectivity index (χ3n) is 7.19. The molecule has 2 bridgehead atoms. The normalized spacial score (nSPS) is 13.2. The van der Waals surface area contributed by atoms with Gasteiger partial charge >= 0.3 is 11.9 Å². The Bertz CT molecular complexity index is 2340. The number of H-pyrrole nitrogens is 1. The summed E-state index contributed by atoms with van der Waals surface area (Å²) in [7, 11) is 0. The highest BCUT2D eigenvalue weighted by Crippen LogP contribution is 2.37. The number of amides is 1. The number of rotatable bonds is 8. The fourth-order valence-corrected chi connectivity index (χ4v) is 5.59. The molecule has 2 aromatic carbocycles. The number of fused-ring (bicyclic) bond motifs is 3. The molecule has 17 heteroatoms. The number of nitrogens with zero attached hydrogens (tertiary/aromatic N) is 5. The van der Waals surface area contributed by atoms with E-state index < -0.39 is 40.7 Å². The summed E-state index contributed by atoms with van der Waals surface area (Å²) in [5.74, 6) is -4.49. The van der Waals surface area contributed by atoms with Gasteiger partial charge in [0, 0.05) is 59.6 Å².